The third-order valence-corrected chi connectivity index (χ3v) is 5.71. The maximum Gasteiger partial charge on any atom is 0.262 e. The lowest BCUT2D eigenvalue weighted by Crippen LogP contribution is -2.35. The Labute approximate surface area is 165 Å². The summed E-state index contributed by atoms with van der Waals surface area (Å²) in [5, 5.41) is 0.671. The van der Waals surface area contributed by atoms with Crippen LogP contribution in [0, 0.1) is 12.8 Å². The quantitative estimate of drug-likeness (QED) is 0.694. The summed E-state index contributed by atoms with van der Waals surface area (Å²) in [5.74, 6) is 1.11. The summed E-state index contributed by atoms with van der Waals surface area (Å²) in [7, 11) is 3.96. The average molecular weight is 377 g/mol. The van der Waals surface area contributed by atoms with Gasteiger partial charge in [0.1, 0.15) is 5.82 Å². The van der Waals surface area contributed by atoms with E-state index in [1.165, 1.54) is 0 Å². The fraction of sp³-hybridized carbons (Fsp3) is 0.391. The first-order chi connectivity index (χ1) is 13.6. The predicted octanol–water partition coefficient (Wildman–Crippen LogP) is 3.79. The molecule has 1 aromatic heterocycles. The summed E-state index contributed by atoms with van der Waals surface area (Å²) < 4.78 is 7.50. The minimum absolute atomic E-state index is 0.0301. The summed E-state index contributed by atoms with van der Waals surface area (Å²) in [5.41, 5.74) is 2.95. The van der Waals surface area contributed by atoms with Gasteiger partial charge in [-0.25, -0.2) is 4.98 Å². The van der Waals surface area contributed by atoms with Crippen molar-refractivity contribution in [2.45, 2.75) is 25.8 Å². The number of rotatable bonds is 4. The molecule has 1 aliphatic heterocycles. The zero-order valence-electron chi connectivity index (χ0n) is 16.8. The summed E-state index contributed by atoms with van der Waals surface area (Å²) in [6.07, 6.45) is 1.89. The molecule has 1 unspecified atom stereocenters. The molecule has 2 heterocycles. The highest BCUT2D eigenvalue weighted by atomic mass is 16.5. The molecule has 0 N–H and O–H groups in total. The van der Waals surface area contributed by atoms with Gasteiger partial charge in [-0.1, -0.05) is 30.3 Å². The zero-order chi connectivity index (χ0) is 19.7. The van der Waals surface area contributed by atoms with Crippen LogP contribution in [0.5, 0.6) is 0 Å². The Hall–Kier alpha value is -2.66. The first-order valence-electron chi connectivity index (χ1n) is 9.89. The third-order valence-electron chi connectivity index (χ3n) is 5.71. The Balaban J connectivity index is 1.93. The van der Waals surface area contributed by atoms with Crippen molar-refractivity contribution < 1.29 is 4.74 Å². The van der Waals surface area contributed by atoms with Gasteiger partial charge in [-0.3, -0.25) is 9.36 Å². The van der Waals surface area contributed by atoms with Crippen molar-refractivity contribution in [3.05, 3.63) is 70.3 Å². The molecular weight excluding hydrogens is 350 g/mol. The van der Waals surface area contributed by atoms with Crippen LogP contribution >= 0.6 is 0 Å². The molecule has 5 heteroatoms. The molecule has 0 saturated carbocycles. The van der Waals surface area contributed by atoms with Crippen LogP contribution in [0.1, 0.15) is 30.3 Å². The van der Waals surface area contributed by atoms with E-state index in [4.69, 9.17) is 9.72 Å². The molecule has 4 rings (SSSR count). The van der Waals surface area contributed by atoms with Crippen molar-refractivity contribution in [3.8, 4) is 0 Å². The second-order valence-corrected chi connectivity index (χ2v) is 7.74. The van der Waals surface area contributed by atoms with Crippen LogP contribution in [0.3, 0.4) is 0 Å². The molecule has 1 saturated heterocycles. The fourth-order valence-electron chi connectivity index (χ4n) is 4.22. The lowest BCUT2D eigenvalue weighted by molar-refractivity contribution is 0.0535. The Morgan fingerprint density at radius 2 is 1.82 bits per heavy atom. The smallest absolute Gasteiger partial charge is 0.262 e. The molecule has 2 aromatic carbocycles. The van der Waals surface area contributed by atoms with Gasteiger partial charge in [0.25, 0.3) is 5.56 Å². The maximum atomic E-state index is 13.7. The highest BCUT2D eigenvalue weighted by Gasteiger charge is 2.29. The first-order valence-corrected chi connectivity index (χ1v) is 9.89. The molecule has 146 valence electrons. The molecule has 1 atom stereocenters. The molecule has 1 aliphatic rings. The maximum absolute atomic E-state index is 13.7. The number of ether oxygens (including phenoxy) is 1. The Morgan fingerprint density at radius 1 is 1.11 bits per heavy atom. The molecule has 3 aromatic rings. The van der Waals surface area contributed by atoms with E-state index in [0.29, 0.717) is 11.3 Å². The van der Waals surface area contributed by atoms with Gasteiger partial charge in [-0.05, 0) is 49.4 Å². The number of hydrogen-bond acceptors (Lipinski definition) is 4. The van der Waals surface area contributed by atoms with Crippen molar-refractivity contribution >= 4 is 16.6 Å². The van der Waals surface area contributed by atoms with E-state index >= 15 is 0 Å². The topological polar surface area (TPSA) is 47.4 Å². The molecule has 5 nitrogen and oxygen atoms in total. The largest absolute Gasteiger partial charge is 0.381 e. The summed E-state index contributed by atoms with van der Waals surface area (Å²) in [6, 6.07) is 16.2. The summed E-state index contributed by atoms with van der Waals surface area (Å²) in [6.45, 7) is 3.43. The number of aromatic nitrogens is 2. The number of nitrogens with zero attached hydrogens (tertiary/aromatic N) is 3. The van der Waals surface area contributed by atoms with Crippen LogP contribution in [0.25, 0.3) is 10.9 Å². The van der Waals surface area contributed by atoms with Crippen molar-refractivity contribution in [1.29, 1.82) is 0 Å². The highest BCUT2D eigenvalue weighted by molar-refractivity contribution is 5.81. The normalized spacial score (nSPS) is 16.2. The number of anilines is 1. The molecule has 0 amide bonds. The van der Waals surface area contributed by atoms with Gasteiger partial charge in [-0.15, -0.1) is 0 Å². The van der Waals surface area contributed by atoms with Crippen LogP contribution < -0.4 is 10.5 Å². The zero-order valence-corrected chi connectivity index (χ0v) is 16.8. The molecule has 0 spiro atoms. The van der Waals surface area contributed by atoms with Gasteiger partial charge in [0.2, 0.25) is 0 Å². The van der Waals surface area contributed by atoms with Crippen molar-refractivity contribution in [3.63, 3.8) is 0 Å². The molecule has 0 aliphatic carbocycles. The summed E-state index contributed by atoms with van der Waals surface area (Å²) >= 11 is 0. The molecular formula is C23H27N3O2. The third kappa shape index (κ3) is 3.42. The highest BCUT2D eigenvalue weighted by Crippen LogP contribution is 2.33. The Morgan fingerprint density at radius 3 is 2.50 bits per heavy atom. The SMILES string of the molecule is Cc1nc2ccc(N(C)C)cc2c(=O)n1C(c1ccccc1)C1CCOCC1. The van der Waals surface area contributed by atoms with Gasteiger partial charge in [0, 0.05) is 33.0 Å². The monoisotopic (exact) mass is 377 g/mol. The molecule has 1 fully saturated rings. The van der Waals surface area contributed by atoms with E-state index < -0.39 is 0 Å². The van der Waals surface area contributed by atoms with Crippen LogP contribution in [0.2, 0.25) is 0 Å². The van der Waals surface area contributed by atoms with Crippen LogP contribution in [-0.4, -0.2) is 36.9 Å². The van der Waals surface area contributed by atoms with Crippen molar-refractivity contribution in [1.82, 2.24) is 9.55 Å². The predicted molar refractivity (Wildman–Crippen MR) is 113 cm³/mol. The van der Waals surface area contributed by atoms with Crippen molar-refractivity contribution in [2.24, 2.45) is 5.92 Å². The lowest BCUT2D eigenvalue weighted by Gasteiger charge is -2.33. The van der Waals surface area contributed by atoms with E-state index in [-0.39, 0.29) is 11.6 Å². The van der Waals surface area contributed by atoms with Gasteiger partial charge in [0.05, 0.1) is 16.9 Å². The van der Waals surface area contributed by atoms with Crippen LogP contribution in [0.15, 0.2) is 53.3 Å². The second-order valence-electron chi connectivity index (χ2n) is 7.74. The molecule has 0 radical (unpaired) electrons. The molecule has 0 bridgehead atoms. The number of fused-ring (bicyclic) bond motifs is 1. The van der Waals surface area contributed by atoms with E-state index in [2.05, 4.69) is 12.1 Å². The minimum atomic E-state index is -0.0301. The Bertz CT molecular complexity index is 1020. The standard InChI is InChI=1S/C23H27N3O2/c1-16-24-21-10-9-19(25(2)3)15-20(21)23(27)26(16)22(17-7-5-4-6-8-17)18-11-13-28-14-12-18/h4-10,15,18,22H,11-14H2,1-3H3. The van der Waals surface area contributed by atoms with E-state index in [9.17, 15) is 4.79 Å². The minimum Gasteiger partial charge on any atom is -0.381 e. The van der Waals surface area contributed by atoms with Gasteiger partial charge in [0.15, 0.2) is 0 Å². The number of benzene rings is 2. The number of hydrogen-bond donors (Lipinski definition) is 0. The van der Waals surface area contributed by atoms with Gasteiger partial charge >= 0.3 is 0 Å². The van der Waals surface area contributed by atoms with Gasteiger partial charge < -0.3 is 9.64 Å². The fourth-order valence-corrected chi connectivity index (χ4v) is 4.22. The average Bonchev–Trinajstić information content (AvgIpc) is 2.72. The second kappa shape index (κ2) is 7.76. The van der Waals surface area contributed by atoms with Gasteiger partial charge in [-0.2, -0.15) is 0 Å². The van der Waals surface area contributed by atoms with Crippen LogP contribution in [0.4, 0.5) is 5.69 Å². The lowest BCUT2D eigenvalue weighted by atomic mass is 9.86. The van der Waals surface area contributed by atoms with E-state index in [0.717, 1.165) is 48.6 Å². The van der Waals surface area contributed by atoms with Crippen LogP contribution in [-0.2, 0) is 4.74 Å². The first kappa shape index (κ1) is 18.7. The van der Waals surface area contributed by atoms with E-state index in [1.807, 2.05) is 66.9 Å². The Kier molecular flexibility index (Phi) is 5.18. The number of aryl methyl sites for hydroxylation is 1. The van der Waals surface area contributed by atoms with Crippen molar-refractivity contribution in [2.75, 3.05) is 32.2 Å². The summed E-state index contributed by atoms with van der Waals surface area (Å²) in [4.78, 5) is 20.5. The van der Waals surface area contributed by atoms with E-state index in [1.54, 1.807) is 0 Å². The molecule has 28 heavy (non-hydrogen) atoms.